The SMILES string of the molecule is CCc1ccccc1P(C(C)(C)C)C(C)(C)C. The van der Waals surface area contributed by atoms with Crippen molar-refractivity contribution >= 4 is 13.2 Å². The monoisotopic (exact) mass is 250 g/mol. The van der Waals surface area contributed by atoms with E-state index in [1.54, 1.807) is 5.30 Å². The molecule has 0 aromatic heterocycles. The van der Waals surface area contributed by atoms with Crippen LogP contribution in [0.4, 0.5) is 0 Å². The summed E-state index contributed by atoms with van der Waals surface area (Å²) in [6, 6.07) is 9.01. The van der Waals surface area contributed by atoms with E-state index in [2.05, 4.69) is 72.7 Å². The van der Waals surface area contributed by atoms with Gasteiger partial charge in [0.2, 0.25) is 0 Å². The van der Waals surface area contributed by atoms with Crippen molar-refractivity contribution in [1.29, 1.82) is 0 Å². The number of benzene rings is 1. The summed E-state index contributed by atoms with van der Waals surface area (Å²) in [7, 11) is -0.164. The molecule has 0 bridgehead atoms. The van der Waals surface area contributed by atoms with Gasteiger partial charge in [0.15, 0.2) is 0 Å². The molecule has 96 valence electrons. The van der Waals surface area contributed by atoms with Gasteiger partial charge in [-0.3, -0.25) is 0 Å². The maximum absolute atomic E-state index is 2.39. The van der Waals surface area contributed by atoms with Gasteiger partial charge in [0.1, 0.15) is 0 Å². The van der Waals surface area contributed by atoms with Crippen LogP contribution in [0.25, 0.3) is 0 Å². The van der Waals surface area contributed by atoms with Crippen molar-refractivity contribution in [3.05, 3.63) is 29.8 Å². The summed E-state index contributed by atoms with van der Waals surface area (Å²) in [5.74, 6) is 0. The number of rotatable bonds is 2. The highest BCUT2D eigenvalue weighted by atomic mass is 31.1. The molecular weight excluding hydrogens is 223 g/mol. The lowest BCUT2D eigenvalue weighted by molar-refractivity contribution is 0.714. The molecule has 0 heterocycles. The molecule has 1 rings (SSSR count). The second-order valence-corrected chi connectivity index (χ2v) is 10.5. The quantitative estimate of drug-likeness (QED) is 0.651. The predicted molar refractivity (Wildman–Crippen MR) is 81.9 cm³/mol. The van der Waals surface area contributed by atoms with Gasteiger partial charge in [0, 0.05) is 0 Å². The Morgan fingerprint density at radius 1 is 0.882 bits per heavy atom. The fourth-order valence-corrected chi connectivity index (χ4v) is 6.97. The van der Waals surface area contributed by atoms with E-state index < -0.39 is 0 Å². The summed E-state index contributed by atoms with van der Waals surface area (Å²) >= 11 is 0. The minimum absolute atomic E-state index is 0.164. The molecule has 0 aliphatic heterocycles. The first-order valence-corrected chi connectivity index (χ1v) is 7.90. The van der Waals surface area contributed by atoms with E-state index in [1.165, 1.54) is 5.56 Å². The Hall–Kier alpha value is -0.350. The molecule has 0 saturated carbocycles. The summed E-state index contributed by atoms with van der Waals surface area (Å²) in [5, 5.41) is 2.32. The zero-order valence-corrected chi connectivity index (χ0v) is 13.4. The van der Waals surface area contributed by atoms with E-state index in [1.807, 2.05) is 0 Å². The molecule has 0 aliphatic rings. The maximum Gasteiger partial charge on any atom is -0.0134 e. The molecule has 1 aromatic carbocycles. The van der Waals surface area contributed by atoms with E-state index in [-0.39, 0.29) is 7.92 Å². The molecule has 0 aliphatic carbocycles. The Kier molecular flexibility index (Phi) is 4.42. The summed E-state index contributed by atoms with van der Waals surface area (Å²) in [4.78, 5) is 0. The van der Waals surface area contributed by atoms with Crippen LogP contribution in [0.3, 0.4) is 0 Å². The van der Waals surface area contributed by atoms with Crippen LogP contribution in [0.5, 0.6) is 0 Å². The second kappa shape index (κ2) is 5.11. The molecular formula is C16H27P. The Morgan fingerprint density at radius 2 is 1.35 bits per heavy atom. The van der Waals surface area contributed by atoms with Crippen LogP contribution in [0, 0.1) is 0 Å². The second-order valence-electron chi connectivity index (χ2n) is 6.66. The highest BCUT2D eigenvalue weighted by Crippen LogP contribution is 2.58. The summed E-state index contributed by atoms with van der Waals surface area (Å²) in [5.41, 5.74) is 1.53. The summed E-state index contributed by atoms with van der Waals surface area (Å²) in [6.45, 7) is 16.6. The van der Waals surface area contributed by atoms with Gasteiger partial charge >= 0.3 is 0 Å². The normalized spacial score (nSPS) is 13.2. The fourth-order valence-electron chi connectivity index (χ4n) is 2.76. The van der Waals surface area contributed by atoms with Gasteiger partial charge < -0.3 is 0 Å². The fraction of sp³-hybridized carbons (Fsp3) is 0.625. The van der Waals surface area contributed by atoms with Crippen molar-refractivity contribution < 1.29 is 0 Å². The van der Waals surface area contributed by atoms with Gasteiger partial charge in [-0.2, -0.15) is 0 Å². The third-order valence-corrected chi connectivity index (χ3v) is 6.56. The van der Waals surface area contributed by atoms with Crippen LogP contribution >= 0.6 is 7.92 Å². The first kappa shape index (κ1) is 14.7. The van der Waals surface area contributed by atoms with Crippen LogP contribution < -0.4 is 5.30 Å². The van der Waals surface area contributed by atoms with Crippen molar-refractivity contribution in [3.8, 4) is 0 Å². The lowest BCUT2D eigenvalue weighted by atomic mass is 10.2. The predicted octanol–water partition coefficient (Wildman–Crippen LogP) is 4.95. The first-order valence-electron chi connectivity index (χ1n) is 6.56. The van der Waals surface area contributed by atoms with E-state index in [4.69, 9.17) is 0 Å². The molecule has 0 spiro atoms. The average molecular weight is 250 g/mol. The van der Waals surface area contributed by atoms with Crippen LogP contribution in [0.1, 0.15) is 54.0 Å². The van der Waals surface area contributed by atoms with Crippen molar-refractivity contribution in [2.24, 2.45) is 0 Å². The smallest absolute Gasteiger partial charge is 0.0134 e. The third-order valence-electron chi connectivity index (χ3n) is 2.96. The highest BCUT2D eigenvalue weighted by Gasteiger charge is 2.36. The van der Waals surface area contributed by atoms with Crippen LogP contribution in [0.15, 0.2) is 24.3 Å². The molecule has 0 unspecified atom stereocenters. The van der Waals surface area contributed by atoms with E-state index in [0.717, 1.165) is 6.42 Å². The Labute approximate surface area is 109 Å². The minimum Gasteiger partial charge on any atom is -0.0640 e. The topological polar surface area (TPSA) is 0 Å². The van der Waals surface area contributed by atoms with Crippen LogP contribution in [-0.2, 0) is 6.42 Å². The molecule has 0 fully saturated rings. The zero-order valence-electron chi connectivity index (χ0n) is 12.5. The van der Waals surface area contributed by atoms with Gasteiger partial charge in [0.25, 0.3) is 0 Å². The molecule has 17 heavy (non-hydrogen) atoms. The number of hydrogen-bond donors (Lipinski definition) is 0. The molecule has 0 radical (unpaired) electrons. The molecule has 1 heteroatoms. The average Bonchev–Trinajstić information content (AvgIpc) is 2.14. The molecule has 0 saturated heterocycles. The lowest BCUT2D eigenvalue weighted by Crippen LogP contribution is -2.32. The maximum atomic E-state index is 2.39. The van der Waals surface area contributed by atoms with Gasteiger partial charge in [-0.15, -0.1) is 0 Å². The highest BCUT2D eigenvalue weighted by molar-refractivity contribution is 7.68. The van der Waals surface area contributed by atoms with Crippen molar-refractivity contribution in [2.45, 2.75) is 65.2 Å². The minimum atomic E-state index is -0.164. The molecule has 0 N–H and O–H groups in total. The van der Waals surface area contributed by atoms with E-state index in [9.17, 15) is 0 Å². The molecule has 0 atom stereocenters. The van der Waals surface area contributed by atoms with Gasteiger partial charge in [-0.1, -0.05) is 80.7 Å². The van der Waals surface area contributed by atoms with Crippen LogP contribution in [-0.4, -0.2) is 10.3 Å². The van der Waals surface area contributed by atoms with Crippen molar-refractivity contribution in [1.82, 2.24) is 0 Å². The van der Waals surface area contributed by atoms with Gasteiger partial charge in [0.05, 0.1) is 0 Å². The summed E-state index contributed by atoms with van der Waals surface area (Å²) in [6.07, 6.45) is 1.14. The lowest BCUT2D eigenvalue weighted by Gasteiger charge is -2.42. The van der Waals surface area contributed by atoms with Gasteiger partial charge in [-0.05, 0) is 27.6 Å². The Bertz CT molecular complexity index is 352. The first-order chi connectivity index (χ1) is 7.68. The van der Waals surface area contributed by atoms with E-state index >= 15 is 0 Å². The molecule has 0 nitrogen and oxygen atoms in total. The van der Waals surface area contributed by atoms with E-state index in [0.29, 0.717) is 10.3 Å². The number of aryl methyl sites for hydroxylation is 1. The third kappa shape index (κ3) is 3.55. The largest absolute Gasteiger partial charge is 0.0640 e. The summed E-state index contributed by atoms with van der Waals surface area (Å²) < 4.78 is 0. The van der Waals surface area contributed by atoms with Crippen molar-refractivity contribution in [2.75, 3.05) is 0 Å². The number of hydrogen-bond acceptors (Lipinski definition) is 0. The Morgan fingerprint density at radius 3 is 1.76 bits per heavy atom. The van der Waals surface area contributed by atoms with Crippen molar-refractivity contribution in [3.63, 3.8) is 0 Å². The molecule has 1 aromatic rings. The zero-order chi connectivity index (χ0) is 13.3. The van der Waals surface area contributed by atoms with Crippen LogP contribution in [0.2, 0.25) is 0 Å². The van der Waals surface area contributed by atoms with Gasteiger partial charge in [-0.25, -0.2) is 0 Å². The standard InChI is InChI=1S/C16H27P/c1-8-13-11-9-10-12-14(13)17(15(2,3)4)16(5,6)7/h9-12H,8H2,1-7H3. The molecule has 0 amide bonds. The Balaban J connectivity index is 3.33.